The van der Waals surface area contributed by atoms with E-state index >= 15 is 0 Å². The molecule has 0 fully saturated rings. The second-order valence-corrected chi connectivity index (χ2v) is 6.41. The molecule has 2 N–H and O–H groups in total. The molecule has 4 nitrogen and oxygen atoms in total. The summed E-state index contributed by atoms with van der Waals surface area (Å²) in [5, 5.41) is 4.09. The summed E-state index contributed by atoms with van der Waals surface area (Å²) in [5.41, 5.74) is 7.41. The number of hydrogen-bond acceptors (Lipinski definition) is 3. The Bertz CT molecular complexity index is 582. The van der Waals surface area contributed by atoms with E-state index in [0.717, 1.165) is 21.4 Å². The molecular weight excluding hydrogens is 314 g/mol. The molecule has 1 heterocycles. The van der Waals surface area contributed by atoms with Crippen LogP contribution in [0.25, 0.3) is 0 Å². The first-order valence-corrected chi connectivity index (χ1v) is 7.58. The lowest BCUT2D eigenvalue weighted by molar-refractivity contribution is 0.682. The molecule has 0 saturated heterocycles. The number of anilines is 1. The van der Waals surface area contributed by atoms with Crippen LogP contribution in [0.15, 0.2) is 40.0 Å². The fourth-order valence-corrected chi connectivity index (χ4v) is 3.70. The predicted octanol–water partition coefficient (Wildman–Crippen LogP) is 2.12. The van der Waals surface area contributed by atoms with Crippen LogP contribution < -0.4 is 5.73 Å². The molecule has 0 radical (unpaired) electrons. The lowest BCUT2D eigenvalue weighted by Gasteiger charge is -2.05. The molecule has 1 atom stereocenters. The molecule has 0 bridgehead atoms. The van der Waals surface area contributed by atoms with Gasteiger partial charge in [-0.3, -0.25) is 8.89 Å². The van der Waals surface area contributed by atoms with Crippen molar-refractivity contribution in [2.45, 2.75) is 11.3 Å². The molecule has 1 unspecified atom stereocenters. The van der Waals surface area contributed by atoms with Crippen LogP contribution >= 0.6 is 15.9 Å². The number of nitrogens with two attached hydrogens (primary N) is 1. The number of benzene rings is 1. The average Bonchev–Trinajstić information content (AvgIpc) is 2.72. The molecular formula is C12H14BrN3OS. The van der Waals surface area contributed by atoms with Gasteiger partial charge in [0.05, 0.1) is 21.9 Å². The molecule has 2 rings (SSSR count). The molecule has 18 heavy (non-hydrogen) atoms. The Morgan fingerprint density at radius 3 is 2.89 bits per heavy atom. The molecule has 1 aromatic carbocycles. The van der Waals surface area contributed by atoms with Crippen LogP contribution in [0.5, 0.6) is 0 Å². The standard InChI is InChI=1S/C12H14BrN3OS/c1-16-8-9(7-15-16)4-5-18(17)12-3-2-10(14)6-11(12)13/h2-3,6-8H,4-5,14H2,1H3. The Morgan fingerprint density at radius 2 is 2.28 bits per heavy atom. The van der Waals surface area contributed by atoms with E-state index in [2.05, 4.69) is 21.0 Å². The maximum absolute atomic E-state index is 12.2. The molecule has 0 saturated carbocycles. The summed E-state index contributed by atoms with van der Waals surface area (Å²) < 4.78 is 14.7. The Kier molecular flexibility index (Phi) is 4.19. The van der Waals surface area contributed by atoms with Crippen LogP contribution in [0.4, 0.5) is 5.69 Å². The van der Waals surface area contributed by atoms with E-state index in [1.54, 1.807) is 29.1 Å². The Morgan fingerprint density at radius 1 is 1.50 bits per heavy atom. The van der Waals surface area contributed by atoms with Crippen molar-refractivity contribution in [3.63, 3.8) is 0 Å². The summed E-state index contributed by atoms with van der Waals surface area (Å²) >= 11 is 3.39. The van der Waals surface area contributed by atoms with Crippen molar-refractivity contribution in [3.05, 3.63) is 40.6 Å². The number of aromatic nitrogens is 2. The van der Waals surface area contributed by atoms with E-state index in [-0.39, 0.29) is 0 Å². The number of aryl methyl sites for hydroxylation is 2. The van der Waals surface area contributed by atoms with Crippen LogP contribution in [-0.2, 0) is 24.3 Å². The number of nitrogen functional groups attached to an aromatic ring is 1. The highest BCUT2D eigenvalue weighted by atomic mass is 79.9. The second kappa shape index (κ2) is 5.67. The van der Waals surface area contributed by atoms with Gasteiger partial charge < -0.3 is 5.73 Å². The molecule has 0 aliphatic rings. The molecule has 6 heteroatoms. The van der Waals surface area contributed by atoms with Gasteiger partial charge in [0.1, 0.15) is 0 Å². The van der Waals surface area contributed by atoms with Gasteiger partial charge in [0.15, 0.2) is 0 Å². The van der Waals surface area contributed by atoms with E-state index in [1.807, 2.05) is 13.2 Å². The van der Waals surface area contributed by atoms with Crippen LogP contribution in [0.2, 0.25) is 0 Å². The fraction of sp³-hybridized carbons (Fsp3) is 0.250. The van der Waals surface area contributed by atoms with Crippen molar-refractivity contribution in [1.29, 1.82) is 0 Å². The Labute approximate surface area is 117 Å². The van der Waals surface area contributed by atoms with Gasteiger partial charge >= 0.3 is 0 Å². The van der Waals surface area contributed by atoms with Crippen molar-refractivity contribution in [2.75, 3.05) is 11.5 Å². The van der Waals surface area contributed by atoms with E-state index < -0.39 is 10.8 Å². The highest BCUT2D eigenvalue weighted by Gasteiger charge is 2.09. The molecule has 2 aromatic rings. The van der Waals surface area contributed by atoms with Crippen LogP contribution in [0.3, 0.4) is 0 Å². The summed E-state index contributed by atoms with van der Waals surface area (Å²) in [4.78, 5) is 0.785. The maximum Gasteiger partial charge on any atom is 0.0544 e. The van der Waals surface area contributed by atoms with Gasteiger partial charge in [0.2, 0.25) is 0 Å². The Hall–Kier alpha value is -1.14. The first kappa shape index (κ1) is 13.3. The minimum absolute atomic E-state index is 0.578. The van der Waals surface area contributed by atoms with Crippen molar-refractivity contribution >= 4 is 32.4 Å². The van der Waals surface area contributed by atoms with Crippen molar-refractivity contribution in [1.82, 2.24) is 9.78 Å². The zero-order valence-corrected chi connectivity index (χ0v) is 12.4. The first-order valence-electron chi connectivity index (χ1n) is 5.47. The lowest BCUT2D eigenvalue weighted by atomic mass is 10.3. The van der Waals surface area contributed by atoms with E-state index in [4.69, 9.17) is 5.73 Å². The smallest absolute Gasteiger partial charge is 0.0544 e. The largest absolute Gasteiger partial charge is 0.399 e. The van der Waals surface area contributed by atoms with Gasteiger partial charge in [0.25, 0.3) is 0 Å². The molecule has 96 valence electrons. The average molecular weight is 328 g/mol. The first-order chi connectivity index (χ1) is 8.56. The van der Waals surface area contributed by atoms with Gasteiger partial charge in [-0.2, -0.15) is 5.10 Å². The van der Waals surface area contributed by atoms with E-state index in [0.29, 0.717) is 11.4 Å². The molecule has 0 amide bonds. The minimum Gasteiger partial charge on any atom is -0.399 e. The van der Waals surface area contributed by atoms with Gasteiger partial charge in [-0.1, -0.05) is 0 Å². The van der Waals surface area contributed by atoms with Crippen molar-refractivity contribution in [2.24, 2.45) is 7.05 Å². The molecule has 0 spiro atoms. The van der Waals surface area contributed by atoms with Crippen molar-refractivity contribution < 1.29 is 4.21 Å². The molecule has 0 aliphatic heterocycles. The van der Waals surface area contributed by atoms with Gasteiger partial charge in [-0.15, -0.1) is 0 Å². The number of halogens is 1. The summed E-state index contributed by atoms with van der Waals surface area (Å²) in [6, 6.07) is 5.35. The van der Waals surface area contributed by atoms with Gasteiger partial charge in [-0.25, -0.2) is 0 Å². The van der Waals surface area contributed by atoms with Gasteiger partial charge in [-0.05, 0) is 46.1 Å². The maximum atomic E-state index is 12.2. The van der Waals surface area contributed by atoms with Crippen LogP contribution in [-0.4, -0.2) is 19.7 Å². The minimum atomic E-state index is -1.03. The third-order valence-corrected chi connectivity index (χ3v) is 4.88. The molecule has 1 aromatic heterocycles. The fourth-order valence-electron chi connectivity index (χ4n) is 1.62. The monoisotopic (exact) mass is 327 g/mol. The number of hydrogen-bond donors (Lipinski definition) is 1. The highest BCUT2D eigenvalue weighted by Crippen LogP contribution is 2.23. The van der Waals surface area contributed by atoms with Crippen LogP contribution in [0.1, 0.15) is 5.56 Å². The topological polar surface area (TPSA) is 60.9 Å². The van der Waals surface area contributed by atoms with Gasteiger partial charge in [0, 0.05) is 29.2 Å². The predicted molar refractivity (Wildman–Crippen MR) is 76.7 cm³/mol. The quantitative estimate of drug-likeness (QED) is 0.875. The number of rotatable bonds is 4. The summed E-state index contributed by atoms with van der Waals surface area (Å²) in [5.74, 6) is 0.578. The second-order valence-electron chi connectivity index (χ2n) is 4.01. The van der Waals surface area contributed by atoms with E-state index in [9.17, 15) is 4.21 Å². The molecule has 0 aliphatic carbocycles. The highest BCUT2D eigenvalue weighted by molar-refractivity contribution is 9.10. The summed E-state index contributed by atoms with van der Waals surface area (Å²) in [6.45, 7) is 0. The third kappa shape index (κ3) is 3.20. The lowest BCUT2D eigenvalue weighted by Crippen LogP contribution is -2.02. The summed E-state index contributed by atoms with van der Waals surface area (Å²) in [6.07, 6.45) is 4.49. The SMILES string of the molecule is Cn1cc(CCS(=O)c2ccc(N)cc2Br)cn1. The third-order valence-electron chi connectivity index (χ3n) is 2.54. The Balaban J connectivity index is 2.03. The zero-order chi connectivity index (χ0) is 13.1. The number of nitrogens with zero attached hydrogens (tertiary/aromatic N) is 2. The summed E-state index contributed by atoms with van der Waals surface area (Å²) in [7, 11) is 0.838. The van der Waals surface area contributed by atoms with E-state index in [1.165, 1.54) is 0 Å². The van der Waals surface area contributed by atoms with Crippen LogP contribution in [0, 0.1) is 0 Å². The zero-order valence-electron chi connectivity index (χ0n) is 9.97. The normalized spacial score (nSPS) is 12.6. The van der Waals surface area contributed by atoms with Crippen molar-refractivity contribution in [3.8, 4) is 0 Å².